The largest absolute Gasteiger partial charge is 0.445 e. The third-order valence-corrected chi connectivity index (χ3v) is 3.56. The summed E-state index contributed by atoms with van der Waals surface area (Å²) in [4.78, 5) is 24.3. The molecule has 0 aromatic heterocycles. The predicted octanol–water partition coefficient (Wildman–Crippen LogP) is 5.92. The lowest BCUT2D eigenvalue weighted by Gasteiger charge is -2.21. The molecule has 6 heteroatoms. The first-order valence-corrected chi connectivity index (χ1v) is 11.9. The standard InChI is InChI=1S/C18H29N3O3.3C2H6.C2H4/c1-13(2)9-16(17(22)20-11-14(3)10-19)21-18(23)24-12-15-7-5-4-6-8-15;4*1-2/h4-8,13-14,16H,9-12,19H2,1-3H3,(H,20,22)(H,21,23);3*1-2H3;1-2H2. The van der Waals surface area contributed by atoms with E-state index >= 15 is 0 Å². The first-order valence-electron chi connectivity index (χ1n) is 11.9. The number of rotatable bonds is 9. The van der Waals surface area contributed by atoms with E-state index in [0.717, 1.165) is 5.56 Å². The first kappa shape index (κ1) is 37.0. The molecule has 2 amide bonds. The van der Waals surface area contributed by atoms with E-state index in [1.165, 1.54) is 0 Å². The number of nitrogens with two attached hydrogens (primary N) is 1. The van der Waals surface area contributed by atoms with E-state index in [1.807, 2.05) is 92.6 Å². The van der Waals surface area contributed by atoms with Crippen molar-refractivity contribution in [1.82, 2.24) is 10.6 Å². The molecule has 0 aliphatic heterocycles. The highest BCUT2D eigenvalue weighted by Gasteiger charge is 2.22. The molecule has 0 aliphatic carbocycles. The van der Waals surface area contributed by atoms with Gasteiger partial charge in [0, 0.05) is 6.54 Å². The number of hydrogen-bond acceptors (Lipinski definition) is 4. The number of ether oxygens (including phenoxy) is 1. The highest BCUT2D eigenvalue weighted by atomic mass is 16.5. The molecule has 1 aromatic carbocycles. The third-order valence-electron chi connectivity index (χ3n) is 3.56. The Balaban J connectivity index is -0.000000439. The lowest BCUT2D eigenvalue weighted by atomic mass is 10.0. The minimum absolute atomic E-state index is 0.174. The van der Waals surface area contributed by atoms with Crippen LogP contribution in [0.4, 0.5) is 4.79 Å². The number of carbonyl (C=O) groups excluding carboxylic acids is 2. The Labute approximate surface area is 198 Å². The fraction of sp³-hybridized carbons (Fsp3) is 0.615. The normalized spacial score (nSPS) is 10.6. The summed E-state index contributed by atoms with van der Waals surface area (Å²) in [5, 5.41) is 5.48. The Morgan fingerprint density at radius 2 is 1.47 bits per heavy atom. The van der Waals surface area contributed by atoms with Gasteiger partial charge in [-0.15, -0.1) is 13.2 Å². The Hall–Kier alpha value is -2.34. The molecule has 1 rings (SSSR count). The molecule has 6 nitrogen and oxygen atoms in total. The molecule has 0 saturated heterocycles. The van der Waals surface area contributed by atoms with Gasteiger partial charge in [0.15, 0.2) is 0 Å². The molecular formula is C26H51N3O3. The molecule has 0 heterocycles. The van der Waals surface area contributed by atoms with Crippen molar-refractivity contribution in [2.45, 2.75) is 81.4 Å². The smallest absolute Gasteiger partial charge is 0.408 e. The van der Waals surface area contributed by atoms with Crippen molar-refractivity contribution in [3.05, 3.63) is 49.1 Å². The molecule has 0 spiro atoms. The fourth-order valence-corrected chi connectivity index (χ4v) is 2.09. The average molecular weight is 454 g/mol. The van der Waals surface area contributed by atoms with E-state index in [-0.39, 0.29) is 24.3 Å². The summed E-state index contributed by atoms with van der Waals surface area (Å²) in [6.07, 6.45) is -0.0463. The van der Waals surface area contributed by atoms with Gasteiger partial charge in [0.25, 0.3) is 0 Å². The van der Waals surface area contributed by atoms with Crippen LogP contribution in [-0.2, 0) is 16.1 Å². The molecule has 0 fully saturated rings. The zero-order valence-corrected chi connectivity index (χ0v) is 22.2. The summed E-state index contributed by atoms with van der Waals surface area (Å²) in [7, 11) is 0. The zero-order chi connectivity index (χ0) is 25.9. The van der Waals surface area contributed by atoms with Crippen molar-refractivity contribution >= 4 is 12.0 Å². The summed E-state index contributed by atoms with van der Waals surface area (Å²) in [6.45, 7) is 25.1. The van der Waals surface area contributed by atoms with Crippen molar-refractivity contribution in [3.8, 4) is 0 Å². The summed E-state index contributed by atoms with van der Waals surface area (Å²) in [5.41, 5.74) is 6.45. The number of carbonyl (C=O) groups is 2. The van der Waals surface area contributed by atoms with Crippen LogP contribution < -0.4 is 16.4 Å². The Morgan fingerprint density at radius 1 is 0.969 bits per heavy atom. The summed E-state index contributed by atoms with van der Waals surface area (Å²) in [6, 6.07) is 8.79. The number of hydrogen-bond donors (Lipinski definition) is 3. The quantitative estimate of drug-likeness (QED) is 0.405. The van der Waals surface area contributed by atoms with Gasteiger partial charge in [0.2, 0.25) is 5.91 Å². The van der Waals surface area contributed by atoms with Crippen LogP contribution in [0, 0.1) is 11.8 Å². The maximum Gasteiger partial charge on any atom is 0.408 e. The van der Waals surface area contributed by atoms with E-state index in [1.54, 1.807) is 0 Å². The molecule has 32 heavy (non-hydrogen) atoms. The maximum absolute atomic E-state index is 12.3. The maximum atomic E-state index is 12.3. The Morgan fingerprint density at radius 3 is 1.91 bits per heavy atom. The molecule has 0 bridgehead atoms. The fourth-order valence-electron chi connectivity index (χ4n) is 2.09. The van der Waals surface area contributed by atoms with Gasteiger partial charge in [0.1, 0.15) is 12.6 Å². The molecule has 2 atom stereocenters. The molecule has 1 aromatic rings. The van der Waals surface area contributed by atoms with Gasteiger partial charge in [-0.25, -0.2) is 4.79 Å². The van der Waals surface area contributed by atoms with E-state index in [9.17, 15) is 9.59 Å². The second kappa shape index (κ2) is 28.7. The minimum Gasteiger partial charge on any atom is -0.445 e. The van der Waals surface area contributed by atoms with Crippen LogP contribution in [0.5, 0.6) is 0 Å². The lowest BCUT2D eigenvalue weighted by molar-refractivity contribution is -0.123. The van der Waals surface area contributed by atoms with Crippen molar-refractivity contribution in [2.75, 3.05) is 13.1 Å². The third kappa shape index (κ3) is 22.3. The second-order valence-corrected chi connectivity index (χ2v) is 6.47. The van der Waals surface area contributed by atoms with Crippen LogP contribution in [0.1, 0.15) is 74.3 Å². The number of benzene rings is 1. The topological polar surface area (TPSA) is 93.4 Å². The van der Waals surface area contributed by atoms with Crippen LogP contribution >= 0.6 is 0 Å². The van der Waals surface area contributed by atoms with Crippen molar-refractivity contribution in [1.29, 1.82) is 0 Å². The van der Waals surface area contributed by atoms with Crippen LogP contribution in [0.15, 0.2) is 43.5 Å². The average Bonchev–Trinajstić information content (AvgIpc) is 2.86. The van der Waals surface area contributed by atoms with Crippen LogP contribution in [0.25, 0.3) is 0 Å². The molecule has 0 saturated carbocycles. The van der Waals surface area contributed by atoms with Crippen molar-refractivity contribution in [3.63, 3.8) is 0 Å². The predicted molar refractivity (Wildman–Crippen MR) is 140 cm³/mol. The van der Waals surface area contributed by atoms with Crippen LogP contribution in [0.3, 0.4) is 0 Å². The highest BCUT2D eigenvalue weighted by Crippen LogP contribution is 2.07. The Bertz CT molecular complexity index is 522. The number of amides is 2. The summed E-state index contributed by atoms with van der Waals surface area (Å²) < 4.78 is 5.19. The molecule has 188 valence electrons. The number of nitrogens with one attached hydrogen (secondary N) is 2. The molecule has 4 N–H and O–H groups in total. The van der Waals surface area contributed by atoms with Gasteiger partial charge in [0.05, 0.1) is 0 Å². The monoisotopic (exact) mass is 453 g/mol. The molecular weight excluding hydrogens is 402 g/mol. The number of alkyl carbamates (subject to hydrolysis) is 1. The second-order valence-electron chi connectivity index (χ2n) is 6.47. The van der Waals surface area contributed by atoms with E-state index in [2.05, 4.69) is 23.8 Å². The Kier molecular flexibility index (Phi) is 33.1. The van der Waals surface area contributed by atoms with Crippen molar-refractivity contribution < 1.29 is 14.3 Å². The zero-order valence-electron chi connectivity index (χ0n) is 22.2. The SMILES string of the molecule is C=C.CC.CC.CC.CC(C)CC(NC(=O)OCc1ccccc1)C(=O)NCC(C)CN. The molecule has 0 aliphatic rings. The van der Waals surface area contributed by atoms with Gasteiger partial charge in [-0.2, -0.15) is 0 Å². The minimum atomic E-state index is -0.613. The van der Waals surface area contributed by atoms with E-state index in [4.69, 9.17) is 10.5 Å². The highest BCUT2D eigenvalue weighted by molar-refractivity contribution is 5.85. The van der Waals surface area contributed by atoms with Gasteiger partial charge in [-0.1, -0.05) is 92.6 Å². The van der Waals surface area contributed by atoms with Gasteiger partial charge in [-0.3, -0.25) is 4.79 Å². The van der Waals surface area contributed by atoms with Gasteiger partial charge >= 0.3 is 6.09 Å². The molecule has 2 unspecified atom stereocenters. The summed E-state index contributed by atoms with van der Waals surface area (Å²) in [5.74, 6) is 0.251. The van der Waals surface area contributed by atoms with Crippen LogP contribution in [0.2, 0.25) is 0 Å². The van der Waals surface area contributed by atoms with E-state index in [0.29, 0.717) is 19.5 Å². The van der Waals surface area contributed by atoms with E-state index < -0.39 is 12.1 Å². The van der Waals surface area contributed by atoms with Crippen LogP contribution in [-0.4, -0.2) is 31.1 Å². The molecule has 0 radical (unpaired) electrons. The summed E-state index contributed by atoms with van der Waals surface area (Å²) >= 11 is 0. The van der Waals surface area contributed by atoms with Gasteiger partial charge in [-0.05, 0) is 30.4 Å². The van der Waals surface area contributed by atoms with Gasteiger partial charge < -0.3 is 21.1 Å². The van der Waals surface area contributed by atoms with Crippen molar-refractivity contribution in [2.24, 2.45) is 17.6 Å². The lowest BCUT2D eigenvalue weighted by Crippen LogP contribution is -2.48. The first-order chi connectivity index (χ1) is 15.4.